The fraction of sp³-hybridized carbons (Fsp3) is 0.529. The van der Waals surface area contributed by atoms with E-state index >= 15 is 0 Å². The van der Waals surface area contributed by atoms with Gasteiger partial charge < -0.3 is 9.42 Å². The lowest BCUT2D eigenvalue weighted by Gasteiger charge is -2.32. The van der Waals surface area contributed by atoms with Crippen molar-refractivity contribution in [2.24, 2.45) is 0 Å². The molecular formula is C17H23N3O3S. The van der Waals surface area contributed by atoms with Crippen LogP contribution in [0.5, 0.6) is 0 Å². The Hall–Kier alpha value is -1.89. The van der Waals surface area contributed by atoms with Crippen LogP contribution in [0.25, 0.3) is 0 Å². The van der Waals surface area contributed by atoms with Gasteiger partial charge in [0.2, 0.25) is 5.89 Å². The Kier molecular flexibility index (Phi) is 4.62. The number of anilines is 1. The van der Waals surface area contributed by atoms with E-state index < -0.39 is 9.84 Å². The highest BCUT2D eigenvalue weighted by atomic mass is 32.2. The van der Waals surface area contributed by atoms with Crippen molar-refractivity contribution in [1.82, 2.24) is 10.1 Å². The number of nitrogens with zero attached hydrogens (tertiary/aromatic N) is 3. The number of rotatable bonds is 4. The van der Waals surface area contributed by atoms with Crippen LogP contribution in [0.1, 0.15) is 50.2 Å². The number of hydrogen-bond acceptors (Lipinski definition) is 6. The fourth-order valence-corrected chi connectivity index (χ4v) is 3.60. The Morgan fingerprint density at radius 2 is 1.96 bits per heavy atom. The molecule has 3 rings (SSSR count). The smallest absolute Gasteiger partial charge is 0.229 e. The zero-order chi connectivity index (χ0) is 17.3. The molecule has 1 fully saturated rings. The minimum Gasteiger partial charge on any atom is -0.371 e. The molecule has 2 aromatic rings. The van der Waals surface area contributed by atoms with E-state index in [9.17, 15) is 8.42 Å². The van der Waals surface area contributed by atoms with Gasteiger partial charge in [-0.3, -0.25) is 0 Å². The van der Waals surface area contributed by atoms with Crippen LogP contribution in [-0.2, 0) is 9.84 Å². The summed E-state index contributed by atoms with van der Waals surface area (Å²) in [6.45, 7) is 5.78. The Bertz CT molecular complexity index is 806. The fourth-order valence-electron chi connectivity index (χ4n) is 2.94. The highest BCUT2D eigenvalue weighted by Gasteiger charge is 2.26. The molecule has 130 valence electrons. The molecule has 1 aromatic heterocycles. The van der Waals surface area contributed by atoms with Crippen LogP contribution in [0, 0.1) is 0 Å². The molecule has 0 spiro atoms. The first-order chi connectivity index (χ1) is 11.3. The van der Waals surface area contributed by atoms with Crippen LogP contribution in [0.15, 0.2) is 33.7 Å². The van der Waals surface area contributed by atoms with E-state index in [4.69, 9.17) is 4.52 Å². The van der Waals surface area contributed by atoms with Gasteiger partial charge in [0.15, 0.2) is 15.7 Å². The lowest BCUT2D eigenvalue weighted by atomic mass is 9.96. The Balaban J connectivity index is 1.69. The third kappa shape index (κ3) is 3.61. The second-order valence-corrected chi connectivity index (χ2v) is 8.69. The highest BCUT2D eigenvalue weighted by Crippen LogP contribution is 2.31. The number of piperidine rings is 1. The predicted octanol–water partition coefficient (Wildman–Crippen LogP) is 2.98. The molecule has 1 aliphatic rings. The third-order valence-electron chi connectivity index (χ3n) is 4.43. The van der Waals surface area contributed by atoms with Crippen molar-refractivity contribution in [2.75, 3.05) is 24.2 Å². The number of hydrogen-bond donors (Lipinski definition) is 0. The van der Waals surface area contributed by atoms with Gasteiger partial charge in [-0.2, -0.15) is 4.98 Å². The molecule has 1 aliphatic heterocycles. The maximum Gasteiger partial charge on any atom is 0.229 e. The Morgan fingerprint density at radius 1 is 1.25 bits per heavy atom. The van der Waals surface area contributed by atoms with E-state index in [0.717, 1.165) is 43.3 Å². The van der Waals surface area contributed by atoms with Gasteiger partial charge in [-0.1, -0.05) is 25.1 Å². The second kappa shape index (κ2) is 6.55. The summed E-state index contributed by atoms with van der Waals surface area (Å²) < 4.78 is 28.8. The molecule has 24 heavy (non-hydrogen) atoms. The molecule has 0 N–H and O–H groups in total. The molecule has 2 heterocycles. The zero-order valence-electron chi connectivity index (χ0n) is 14.3. The maximum absolute atomic E-state index is 11.7. The van der Waals surface area contributed by atoms with Gasteiger partial charge in [-0.15, -0.1) is 0 Å². The Morgan fingerprint density at radius 3 is 2.54 bits per heavy atom. The minimum absolute atomic E-state index is 0.265. The van der Waals surface area contributed by atoms with Gasteiger partial charge in [0, 0.05) is 36.9 Å². The van der Waals surface area contributed by atoms with Crippen molar-refractivity contribution in [3.05, 3.63) is 36.0 Å². The van der Waals surface area contributed by atoms with Crippen LogP contribution in [-0.4, -0.2) is 37.9 Å². The third-order valence-corrected chi connectivity index (χ3v) is 5.54. The number of aromatic nitrogens is 2. The molecule has 6 nitrogen and oxygen atoms in total. The van der Waals surface area contributed by atoms with E-state index in [0.29, 0.717) is 4.90 Å². The van der Waals surface area contributed by atoms with E-state index in [1.165, 1.54) is 6.26 Å². The Labute approximate surface area is 142 Å². The van der Waals surface area contributed by atoms with E-state index in [2.05, 4.69) is 15.0 Å². The van der Waals surface area contributed by atoms with E-state index in [1.54, 1.807) is 18.2 Å². The number of benzene rings is 1. The minimum atomic E-state index is -3.18. The molecule has 1 saturated heterocycles. The molecule has 0 atom stereocenters. The van der Waals surface area contributed by atoms with Gasteiger partial charge in [-0.25, -0.2) is 8.42 Å². The van der Waals surface area contributed by atoms with Gasteiger partial charge >= 0.3 is 0 Å². The van der Waals surface area contributed by atoms with Crippen molar-refractivity contribution < 1.29 is 12.9 Å². The van der Waals surface area contributed by atoms with Crippen LogP contribution in [0.3, 0.4) is 0 Å². The first-order valence-corrected chi connectivity index (χ1v) is 10.1. The van der Waals surface area contributed by atoms with Gasteiger partial charge in [-0.05, 0) is 31.0 Å². The summed E-state index contributed by atoms with van der Waals surface area (Å²) in [4.78, 5) is 7.08. The lowest BCUT2D eigenvalue weighted by Crippen LogP contribution is -2.33. The van der Waals surface area contributed by atoms with Crippen molar-refractivity contribution >= 4 is 15.5 Å². The van der Waals surface area contributed by atoms with Gasteiger partial charge in [0.1, 0.15) is 0 Å². The van der Waals surface area contributed by atoms with Gasteiger partial charge in [0.25, 0.3) is 0 Å². The topological polar surface area (TPSA) is 76.3 Å². The number of sulfone groups is 1. The van der Waals surface area contributed by atoms with Crippen LogP contribution >= 0.6 is 0 Å². The largest absolute Gasteiger partial charge is 0.371 e. The monoisotopic (exact) mass is 349 g/mol. The van der Waals surface area contributed by atoms with Crippen molar-refractivity contribution in [3.8, 4) is 0 Å². The molecule has 0 bridgehead atoms. The van der Waals surface area contributed by atoms with Crippen LogP contribution < -0.4 is 4.90 Å². The quantitative estimate of drug-likeness (QED) is 0.844. The van der Waals surface area contributed by atoms with Crippen LogP contribution in [0.2, 0.25) is 0 Å². The van der Waals surface area contributed by atoms with Crippen molar-refractivity contribution in [3.63, 3.8) is 0 Å². The van der Waals surface area contributed by atoms with Crippen molar-refractivity contribution in [1.29, 1.82) is 0 Å². The predicted molar refractivity (Wildman–Crippen MR) is 92.1 cm³/mol. The summed E-state index contributed by atoms with van der Waals surface area (Å²) in [6, 6.07) is 7.14. The average molecular weight is 349 g/mol. The molecule has 7 heteroatoms. The molecule has 0 amide bonds. The standard InChI is InChI=1S/C17H23N3O3S/c1-12(2)16-18-17(23-19-16)13-7-9-20(10-8-13)14-5-4-6-15(11-14)24(3,21)22/h4-6,11-13H,7-10H2,1-3H3. The molecule has 0 radical (unpaired) electrons. The summed E-state index contributed by atoms with van der Waals surface area (Å²) in [5.74, 6) is 2.03. The SMILES string of the molecule is CC(C)c1noc(C2CCN(c3cccc(S(C)(=O)=O)c3)CC2)n1. The van der Waals surface area contributed by atoms with Gasteiger partial charge in [0.05, 0.1) is 4.90 Å². The van der Waals surface area contributed by atoms with Crippen molar-refractivity contribution in [2.45, 2.75) is 43.4 Å². The summed E-state index contributed by atoms with van der Waals surface area (Å²) in [5.41, 5.74) is 0.949. The molecule has 1 aromatic carbocycles. The van der Waals surface area contributed by atoms with E-state index in [1.807, 2.05) is 19.9 Å². The summed E-state index contributed by atoms with van der Waals surface area (Å²) in [5, 5.41) is 4.04. The molecule has 0 saturated carbocycles. The molecular weight excluding hydrogens is 326 g/mol. The summed E-state index contributed by atoms with van der Waals surface area (Å²) in [7, 11) is -3.18. The zero-order valence-corrected chi connectivity index (χ0v) is 15.1. The normalized spacial score (nSPS) is 16.8. The molecule has 0 unspecified atom stereocenters. The second-order valence-electron chi connectivity index (χ2n) is 6.68. The average Bonchev–Trinajstić information content (AvgIpc) is 3.05. The lowest BCUT2D eigenvalue weighted by molar-refractivity contribution is 0.326. The van der Waals surface area contributed by atoms with Crippen LogP contribution in [0.4, 0.5) is 5.69 Å². The summed E-state index contributed by atoms with van der Waals surface area (Å²) in [6.07, 6.45) is 3.08. The maximum atomic E-state index is 11.7. The first-order valence-electron chi connectivity index (χ1n) is 8.23. The first kappa shape index (κ1) is 17.0. The van der Waals surface area contributed by atoms with E-state index in [-0.39, 0.29) is 11.8 Å². The molecule has 0 aliphatic carbocycles. The highest BCUT2D eigenvalue weighted by molar-refractivity contribution is 7.90. The summed E-state index contributed by atoms with van der Waals surface area (Å²) >= 11 is 0.